The van der Waals surface area contributed by atoms with Crippen LogP contribution in [0.3, 0.4) is 0 Å². The summed E-state index contributed by atoms with van der Waals surface area (Å²) in [6.45, 7) is 3.14. The summed E-state index contributed by atoms with van der Waals surface area (Å²) < 4.78 is 11.8. The van der Waals surface area contributed by atoms with E-state index < -0.39 is 22.7 Å². The fourth-order valence-corrected chi connectivity index (χ4v) is 4.13. The molecule has 12 nitrogen and oxygen atoms in total. The molecule has 34 heavy (non-hydrogen) atoms. The normalized spacial score (nSPS) is 10.6. The Bertz CT molecular complexity index is 1290. The van der Waals surface area contributed by atoms with Crippen molar-refractivity contribution < 1.29 is 28.8 Å². The van der Waals surface area contributed by atoms with Gasteiger partial charge < -0.3 is 20.5 Å². The SMILES string of the molecule is CCOC(=O)c1c(NC(=O)c2ccn(COc3ccc([N+](=O)[O-])cc3Cl)n2)sc(C(N)=O)c1C. The minimum atomic E-state index is -0.736. The van der Waals surface area contributed by atoms with Crippen LogP contribution in [0, 0.1) is 17.0 Å². The Labute approximate surface area is 201 Å². The number of benzene rings is 1. The molecule has 0 atom stereocenters. The number of rotatable bonds is 9. The van der Waals surface area contributed by atoms with Gasteiger partial charge in [0.1, 0.15) is 10.8 Å². The van der Waals surface area contributed by atoms with Crippen LogP contribution in [0.15, 0.2) is 30.5 Å². The van der Waals surface area contributed by atoms with Crippen molar-refractivity contribution in [3.05, 3.63) is 67.3 Å². The van der Waals surface area contributed by atoms with Crippen molar-refractivity contribution in [3.8, 4) is 5.75 Å². The lowest BCUT2D eigenvalue weighted by molar-refractivity contribution is -0.384. The molecule has 0 fully saturated rings. The van der Waals surface area contributed by atoms with E-state index >= 15 is 0 Å². The Kier molecular flexibility index (Phi) is 7.48. The van der Waals surface area contributed by atoms with E-state index in [1.807, 2.05) is 0 Å². The van der Waals surface area contributed by atoms with Crippen molar-refractivity contribution >= 4 is 51.4 Å². The summed E-state index contributed by atoms with van der Waals surface area (Å²) in [5.74, 6) is -1.88. The number of nitrogens with zero attached hydrogens (tertiary/aromatic N) is 3. The smallest absolute Gasteiger partial charge is 0.341 e. The predicted octanol–water partition coefficient (Wildman–Crippen LogP) is 3.38. The van der Waals surface area contributed by atoms with E-state index in [0.29, 0.717) is 5.56 Å². The first-order valence-electron chi connectivity index (χ1n) is 9.64. The Morgan fingerprint density at radius 1 is 1.32 bits per heavy atom. The average molecular weight is 508 g/mol. The molecule has 14 heteroatoms. The largest absolute Gasteiger partial charge is 0.470 e. The lowest BCUT2D eigenvalue weighted by Crippen LogP contribution is -2.16. The maximum Gasteiger partial charge on any atom is 0.341 e. The summed E-state index contributed by atoms with van der Waals surface area (Å²) in [7, 11) is 0. The molecule has 0 aliphatic heterocycles. The highest BCUT2D eigenvalue weighted by molar-refractivity contribution is 7.18. The lowest BCUT2D eigenvalue weighted by atomic mass is 10.1. The van der Waals surface area contributed by atoms with Crippen LogP contribution in [0.5, 0.6) is 5.75 Å². The van der Waals surface area contributed by atoms with Crippen LogP contribution < -0.4 is 15.8 Å². The van der Waals surface area contributed by atoms with Crippen LogP contribution in [-0.2, 0) is 11.5 Å². The molecule has 0 saturated carbocycles. The lowest BCUT2D eigenvalue weighted by Gasteiger charge is -2.08. The number of primary amides is 1. The van der Waals surface area contributed by atoms with Crippen LogP contribution in [-0.4, -0.2) is 39.1 Å². The molecule has 3 rings (SSSR count). The second kappa shape index (κ2) is 10.3. The molecule has 0 bridgehead atoms. The van der Waals surface area contributed by atoms with Crippen LogP contribution in [0.2, 0.25) is 5.02 Å². The molecular weight excluding hydrogens is 490 g/mol. The Morgan fingerprint density at radius 2 is 2.06 bits per heavy atom. The zero-order chi connectivity index (χ0) is 25.0. The molecule has 2 amide bonds. The van der Waals surface area contributed by atoms with Gasteiger partial charge in [0.2, 0.25) is 0 Å². The molecule has 2 heterocycles. The number of hydrogen-bond acceptors (Lipinski definition) is 9. The number of anilines is 1. The number of carbonyl (C=O) groups is 3. The number of esters is 1. The zero-order valence-corrected chi connectivity index (χ0v) is 19.4. The van der Waals surface area contributed by atoms with Crippen molar-refractivity contribution in [2.45, 2.75) is 20.6 Å². The quantitative estimate of drug-likeness (QED) is 0.252. The summed E-state index contributed by atoms with van der Waals surface area (Å²) >= 11 is 6.85. The van der Waals surface area contributed by atoms with Gasteiger partial charge in [-0.15, -0.1) is 11.3 Å². The molecule has 178 valence electrons. The molecule has 0 unspecified atom stereocenters. The summed E-state index contributed by atoms with van der Waals surface area (Å²) in [5.41, 5.74) is 5.54. The highest BCUT2D eigenvalue weighted by Gasteiger charge is 2.26. The average Bonchev–Trinajstić information content (AvgIpc) is 3.37. The second-order valence-corrected chi connectivity index (χ2v) is 8.11. The monoisotopic (exact) mass is 507 g/mol. The van der Waals surface area contributed by atoms with Crippen molar-refractivity contribution in [1.82, 2.24) is 9.78 Å². The Morgan fingerprint density at radius 3 is 2.68 bits per heavy atom. The molecule has 2 aromatic heterocycles. The number of non-ortho nitro benzene ring substituents is 1. The standard InChI is InChI=1S/C20H18ClN5O7S/c1-3-32-20(29)15-10(2)16(17(22)27)34-19(15)23-18(28)13-6-7-25(24-13)9-33-14-5-4-11(26(30)31)8-12(14)21/h4-8H,3,9H2,1-2H3,(H2,22,27)(H,23,28). The maximum atomic E-state index is 12.7. The Balaban J connectivity index is 1.74. The van der Waals surface area contributed by atoms with E-state index in [1.54, 1.807) is 6.92 Å². The number of nitro groups is 1. The number of hydrogen-bond donors (Lipinski definition) is 2. The van der Waals surface area contributed by atoms with E-state index in [9.17, 15) is 24.5 Å². The summed E-state index contributed by atoms with van der Waals surface area (Å²) in [5, 5.41) is 17.6. The first kappa shape index (κ1) is 24.7. The molecule has 0 saturated heterocycles. The van der Waals surface area contributed by atoms with E-state index in [2.05, 4.69) is 10.4 Å². The van der Waals surface area contributed by atoms with E-state index in [0.717, 1.165) is 17.4 Å². The van der Waals surface area contributed by atoms with Gasteiger partial charge in [-0.3, -0.25) is 19.7 Å². The van der Waals surface area contributed by atoms with Crippen molar-refractivity contribution in [1.29, 1.82) is 0 Å². The number of nitrogens with two attached hydrogens (primary N) is 1. The van der Waals surface area contributed by atoms with Gasteiger partial charge >= 0.3 is 5.97 Å². The van der Waals surface area contributed by atoms with Gasteiger partial charge in [-0.2, -0.15) is 5.10 Å². The highest BCUT2D eigenvalue weighted by Crippen LogP contribution is 2.34. The number of thiophene rings is 1. The zero-order valence-electron chi connectivity index (χ0n) is 17.9. The minimum Gasteiger partial charge on any atom is -0.470 e. The van der Waals surface area contributed by atoms with Crippen molar-refractivity contribution in [3.63, 3.8) is 0 Å². The third-order valence-corrected chi connectivity index (χ3v) is 5.95. The van der Waals surface area contributed by atoms with Crippen molar-refractivity contribution in [2.75, 3.05) is 11.9 Å². The van der Waals surface area contributed by atoms with Crippen LogP contribution in [0.4, 0.5) is 10.7 Å². The molecule has 0 aliphatic rings. The van der Waals surface area contributed by atoms with Gasteiger partial charge in [0, 0.05) is 18.3 Å². The minimum absolute atomic E-state index is 0.000108. The fourth-order valence-electron chi connectivity index (χ4n) is 2.86. The van der Waals surface area contributed by atoms with E-state index in [1.165, 1.54) is 36.0 Å². The summed E-state index contributed by atoms with van der Waals surface area (Å²) in [4.78, 5) is 47.1. The third-order valence-electron chi connectivity index (χ3n) is 4.43. The predicted molar refractivity (Wildman–Crippen MR) is 122 cm³/mol. The van der Waals surface area contributed by atoms with Gasteiger partial charge in [-0.1, -0.05) is 11.6 Å². The van der Waals surface area contributed by atoms with Gasteiger partial charge in [-0.05, 0) is 31.5 Å². The molecule has 3 N–H and O–H groups in total. The first-order valence-corrected chi connectivity index (χ1v) is 10.8. The Hall–Kier alpha value is -3.97. The van der Waals surface area contributed by atoms with Crippen LogP contribution in [0.25, 0.3) is 0 Å². The second-order valence-electron chi connectivity index (χ2n) is 6.68. The van der Waals surface area contributed by atoms with Gasteiger partial charge in [0.25, 0.3) is 17.5 Å². The number of ether oxygens (including phenoxy) is 2. The number of carbonyl (C=O) groups excluding carboxylic acids is 3. The third kappa shape index (κ3) is 5.32. The molecule has 0 radical (unpaired) electrons. The van der Waals surface area contributed by atoms with Gasteiger partial charge in [-0.25, -0.2) is 9.48 Å². The van der Waals surface area contributed by atoms with Gasteiger partial charge in [0.15, 0.2) is 12.4 Å². The number of nitro benzene ring substituents is 1. The summed E-state index contributed by atoms with van der Waals surface area (Å²) in [6, 6.07) is 5.16. The van der Waals surface area contributed by atoms with E-state index in [-0.39, 0.29) is 50.9 Å². The van der Waals surface area contributed by atoms with Crippen LogP contribution >= 0.6 is 22.9 Å². The van der Waals surface area contributed by atoms with E-state index in [4.69, 9.17) is 26.8 Å². The fraction of sp³-hybridized carbons (Fsp3) is 0.200. The summed E-state index contributed by atoms with van der Waals surface area (Å²) in [6.07, 6.45) is 1.47. The molecule has 0 aliphatic carbocycles. The number of amides is 2. The first-order chi connectivity index (χ1) is 16.1. The van der Waals surface area contributed by atoms with Crippen LogP contribution in [0.1, 0.15) is 43.0 Å². The number of halogens is 1. The molecule has 1 aromatic carbocycles. The highest BCUT2D eigenvalue weighted by atomic mass is 35.5. The van der Waals surface area contributed by atoms with Crippen molar-refractivity contribution in [2.24, 2.45) is 5.73 Å². The number of aromatic nitrogens is 2. The number of nitrogens with one attached hydrogen (secondary N) is 1. The molecule has 0 spiro atoms. The molecular formula is C20H18ClN5O7S. The van der Waals surface area contributed by atoms with Gasteiger partial charge in [0.05, 0.1) is 27.0 Å². The maximum absolute atomic E-state index is 12.7. The topological polar surface area (TPSA) is 169 Å². The molecule has 3 aromatic rings.